The van der Waals surface area contributed by atoms with Crippen LogP contribution in [0.5, 0.6) is 17.2 Å². The number of ether oxygens (including phenoxy) is 3. The number of aromatic hydroxyl groups is 1. The van der Waals surface area contributed by atoms with Crippen LogP contribution in [0.15, 0.2) is 48.0 Å². The molecule has 2 aromatic rings. The molecule has 0 aliphatic carbocycles. The number of ketones is 1. The topological polar surface area (TPSA) is 106 Å². The molecule has 1 aliphatic rings. The van der Waals surface area contributed by atoms with Crippen molar-refractivity contribution in [3.05, 3.63) is 59.2 Å². The van der Waals surface area contributed by atoms with E-state index in [0.717, 1.165) is 0 Å². The van der Waals surface area contributed by atoms with Gasteiger partial charge in [-0.05, 0) is 55.3 Å². The van der Waals surface area contributed by atoms with Crippen LogP contribution >= 0.6 is 0 Å². The fraction of sp³-hybridized carbons (Fsp3) is 0.333. The van der Waals surface area contributed by atoms with Crippen LogP contribution in [0.3, 0.4) is 0 Å². The molecule has 2 aromatic carbocycles. The van der Waals surface area contributed by atoms with Gasteiger partial charge in [-0.1, -0.05) is 6.07 Å². The number of carbonyl (C=O) groups excluding carboxylic acids is 2. The van der Waals surface area contributed by atoms with Crippen molar-refractivity contribution in [3.8, 4) is 17.2 Å². The maximum Gasteiger partial charge on any atom is 0.295 e. The standard InChI is InChI=1S/C24H27NO7/c1-4-32-19-14-16(8-11-18(19)26)21-20(22(27)15-6-9-17(31-3)10-7-15)23(28)24(29)25(21)12-5-13-30-2/h6-11,14,21,26-27H,4-5,12-13H2,1-3H3/b22-20+/t21-/m1/s1. The summed E-state index contributed by atoms with van der Waals surface area (Å²) in [6.45, 7) is 2.78. The highest BCUT2D eigenvalue weighted by molar-refractivity contribution is 6.46. The molecule has 2 N–H and O–H groups in total. The van der Waals surface area contributed by atoms with Gasteiger partial charge < -0.3 is 29.3 Å². The average Bonchev–Trinajstić information content (AvgIpc) is 3.05. The molecule has 3 rings (SSSR count). The number of methoxy groups -OCH3 is 2. The maximum atomic E-state index is 13.0. The lowest BCUT2D eigenvalue weighted by atomic mass is 9.95. The first-order valence-corrected chi connectivity index (χ1v) is 10.3. The molecule has 0 unspecified atom stereocenters. The molecule has 1 heterocycles. The number of benzene rings is 2. The Morgan fingerprint density at radius 3 is 2.44 bits per heavy atom. The maximum absolute atomic E-state index is 13.0. The van der Waals surface area contributed by atoms with Crippen LogP contribution in [0.25, 0.3) is 5.76 Å². The van der Waals surface area contributed by atoms with Gasteiger partial charge in [0.15, 0.2) is 11.5 Å². The Bertz CT molecular complexity index is 1010. The lowest BCUT2D eigenvalue weighted by Gasteiger charge is -2.25. The van der Waals surface area contributed by atoms with Gasteiger partial charge >= 0.3 is 0 Å². The lowest BCUT2D eigenvalue weighted by molar-refractivity contribution is -0.140. The van der Waals surface area contributed by atoms with Crippen molar-refractivity contribution < 1.29 is 34.0 Å². The number of aliphatic hydroxyl groups excluding tert-OH is 1. The van der Waals surface area contributed by atoms with E-state index < -0.39 is 17.7 Å². The molecule has 0 spiro atoms. The number of hydrogen-bond acceptors (Lipinski definition) is 7. The largest absolute Gasteiger partial charge is 0.507 e. The second-order valence-corrected chi connectivity index (χ2v) is 7.23. The van der Waals surface area contributed by atoms with E-state index in [1.165, 1.54) is 18.1 Å². The second-order valence-electron chi connectivity index (χ2n) is 7.23. The Kier molecular flexibility index (Phi) is 7.37. The zero-order chi connectivity index (χ0) is 23.3. The molecule has 0 saturated carbocycles. The molecule has 1 amide bonds. The SMILES string of the molecule is CCOc1cc([C@@H]2/C(=C(\O)c3ccc(OC)cc3)C(=O)C(=O)N2CCCOC)ccc1O. The predicted octanol–water partition coefficient (Wildman–Crippen LogP) is 3.26. The molecule has 8 nitrogen and oxygen atoms in total. The van der Waals surface area contributed by atoms with E-state index in [1.54, 1.807) is 50.4 Å². The fourth-order valence-electron chi connectivity index (χ4n) is 3.71. The predicted molar refractivity (Wildman–Crippen MR) is 118 cm³/mol. The summed E-state index contributed by atoms with van der Waals surface area (Å²) in [5.74, 6) is -0.979. The Balaban J connectivity index is 2.13. The van der Waals surface area contributed by atoms with Crippen molar-refractivity contribution in [2.75, 3.05) is 34.0 Å². The molecular formula is C24H27NO7. The van der Waals surface area contributed by atoms with Gasteiger partial charge in [0.2, 0.25) is 0 Å². The van der Waals surface area contributed by atoms with E-state index in [0.29, 0.717) is 36.5 Å². The van der Waals surface area contributed by atoms with E-state index in [-0.39, 0.29) is 29.4 Å². The van der Waals surface area contributed by atoms with Crippen molar-refractivity contribution in [1.82, 2.24) is 4.90 Å². The van der Waals surface area contributed by atoms with E-state index in [4.69, 9.17) is 14.2 Å². The molecule has 0 bridgehead atoms. The molecule has 8 heteroatoms. The quantitative estimate of drug-likeness (QED) is 0.266. The molecule has 0 aromatic heterocycles. The highest BCUT2D eigenvalue weighted by Gasteiger charge is 2.46. The van der Waals surface area contributed by atoms with E-state index in [1.807, 2.05) is 0 Å². The third-order valence-electron chi connectivity index (χ3n) is 5.25. The Morgan fingerprint density at radius 1 is 1.09 bits per heavy atom. The van der Waals surface area contributed by atoms with Gasteiger partial charge in [-0.25, -0.2) is 0 Å². The highest BCUT2D eigenvalue weighted by atomic mass is 16.5. The third kappa shape index (κ3) is 4.55. The van der Waals surface area contributed by atoms with Crippen molar-refractivity contribution in [2.45, 2.75) is 19.4 Å². The van der Waals surface area contributed by atoms with E-state index in [2.05, 4.69) is 0 Å². The van der Waals surface area contributed by atoms with Gasteiger partial charge in [-0.2, -0.15) is 0 Å². The van der Waals surface area contributed by atoms with E-state index >= 15 is 0 Å². The summed E-state index contributed by atoms with van der Waals surface area (Å²) >= 11 is 0. The fourth-order valence-corrected chi connectivity index (χ4v) is 3.71. The zero-order valence-electron chi connectivity index (χ0n) is 18.3. The van der Waals surface area contributed by atoms with Crippen LogP contribution in [0.2, 0.25) is 0 Å². The lowest BCUT2D eigenvalue weighted by Crippen LogP contribution is -2.31. The molecule has 1 atom stereocenters. The second kappa shape index (κ2) is 10.2. The number of hydrogen-bond donors (Lipinski definition) is 2. The number of carbonyl (C=O) groups is 2. The summed E-state index contributed by atoms with van der Waals surface area (Å²) < 4.78 is 15.7. The Hall–Kier alpha value is -3.52. The van der Waals surface area contributed by atoms with Gasteiger partial charge in [0.1, 0.15) is 11.5 Å². The van der Waals surface area contributed by atoms with Crippen molar-refractivity contribution in [1.29, 1.82) is 0 Å². The minimum absolute atomic E-state index is 0.0225. The van der Waals surface area contributed by atoms with Crippen LogP contribution in [-0.2, 0) is 14.3 Å². The number of likely N-dealkylation sites (tertiary alicyclic amines) is 1. The molecular weight excluding hydrogens is 414 g/mol. The summed E-state index contributed by atoms with van der Waals surface area (Å²) in [6.07, 6.45) is 0.513. The third-order valence-corrected chi connectivity index (χ3v) is 5.25. The smallest absolute Gasteiger partial charge is 0.295 e. The highest BCUT2D eigenvalue weighted by Crippen LogP contribution is 2.42. The van der Waals surface area contributed by atoms with Gasteiger partial charge in [-0.3, -0.25) is 9.59 Å². The van der Waals surface area contributed by atoms with Crippen LogP contribution in [-0.4, -0.2) is 60.8 Å². The number of phenols is 1. The number of aliphatic hydroxyl groups is 1. The molecule has 1 saturated heterocycles. The first kappa shape index (κ1) is 23.1. The monoisotopic (exact) mass is 441 g/mol. The van der Waals surface area contributed by atoms with Crippen LogP contribution in [0.1, 0.15) is 30.5 Å². The summed E-state index contributed by atoms with van der Waals surface area (Å²) in [7, 11) is 3.09. The van der Waals surface area contributed by atoms with Crippen molar-refractivity contribution in [2.24, 2.45) is 0 Å². The minimum atomic E-state index is -0.839. The van der Waals surface area contributed by atoms with Gasteiger partial charge in [-0.15, -0.1) is 0 Å². The summed E-state index contributed by atoms with van der Waals surface area (Å²) in [5, 5.41) is 21.1. The first-order chi connectivity index (χ1) is 15.4. The van der Waals surface area contributed by atoms with Crippen LogP contribution in [0, 0.1) is 0 Å². The molecule has 1 fully saturated rings. The van der Waals surface area contributed by atoms with E-state index in [9.17, 15) is 19.8 Å². The van der Waals surface area contributed by atoms with Gasteiger partial charge in [0, 0.05) is 25.8 Å². The Labute approximate surface area is 186 Å². The minimum Gasteiger partial charge on any atom is -0.507 e. The number of amides is 1. The molecule has 32 heavy (non-hydrogen) atoms. The van der Waals surface area contributed by atoms with Crippen molar-refractivity contribution >= 4 is 17.4 Å². The van der Waals surface area contributed by atoms with Gasteiger partial charge in [0.25, 0.3) is 11.7 Å². The summed E-state index contributed by atoms with van der Waals surface area (Å²) in [4.78, 5) is 27.3. The number of nitrogens with zero attached hydrogens (tertiary/aromatic N) is 1. The van der Waals surface area contributed by atoms with Crippen molar-refractivity contribution in [3.63, 3.8) is 0 Å². The van der Waals surface area contributed by atoms with Crippen LogP contribution < -0.4 is 9.47 Å². The average molecular weight is 441 g/mol. The first-order valence-electron chi connectivity index (χ1n) is 10.3. The molecule has 0 radical (unpaired) electrons. The van der Waals surface area contributed by atoms with Gasteiger partial charge in [0.05, 0.1) is 25.3 Å². The zero-order valence-corrected chi connectivity index (χ0v) is 18.3. The number of rotatable bonds is 9. The molecule has 1 aliphatic heterocycles. The summed E-state index contributed by atoms with van der Waals surface area (Å²) in [5.41, 5.74) is 0.901. The summed E-state index contributed by atoms with van der Waals surface area (Å²) in [6, 6.07) is 10.4. The van der Waals surface area contributed by atoms with Crippen LogP contribution in [0.4, 0.5) is 0 Å². The molecule has 170 valence electrons. The Morgan fingerprint density at radius 2 is 1.81 bits per heavy atom. The number of phenolic OH excluding ortho intramolecular Hbond substituents is 1. The normalized spacial score (nSPS) is 17.6. The number of Topliss-reactive ketones (excluding diaryl/α,β-unsaturated/α-hetero) is 1.